The van der Waals surface area contributed by atoms with Gasteiger partial charge in [0, 0.05) is 36.4 Å². The van der Waals surface area contributed by atoms with Crippen molar-refractivity contribution >= 4 is 18.2 Å². The molecule has 2 amide bonds. The first-order valence-corrected chi connectivity index (χ1v) is 14.5. The summed E-state index contributed by atoms with van der Waals surface area (Å²) in [6.45, 7) is 8.56. The van der Waals surface area contributed by atoms with E-state index in [1.807, 2.05) is 45.0 Å². The van der Waals surface area contributed by atoms with Crippen molar-refractivity contribution in [1.29, 1.82) is 0 Å². The topological polar surface area (TPSA) is 112 Å². The first kappa shape index (κ1) is 29.2. The lowest BCUT2D eigenvalue weighted by Gasteiger charge is -2.31. The van der Waals surface area contributed by atoms with Crippen molar-refractivity contribution < 1.29 is 29.0 Å². The van der Waals surface area contributed by atoms with Gasteiger partial charge in [-0.05, 0) is 75.3 Å². The van der Waals surface area contributed by atoms with Gasteiger partial charge in [-0.2, -0.15) is 0 Å². The molecule has 1 fully saturated rings. The van der Waals surface area contributed by atoms with E-state index in [1.54, 1.807) is 22.8 Å². The van der Waals surface area contributed by atoms with Crippen molar-refractivity contribution in [1.82, 2.24) is 14.8 Å². The van der Waals surface area contributed by atoms with Crippen molar-refractivity contribution in [3.8, 4) is 11.1 Å². The average molecular weight is 574 g/mol. The molecule has 2 heterocycles. The second kappa shape index (κ2) is 11.9. The van der Waals surface area contributed by atoms with Gasteiger partial charge in [-0.1, -0.05) is 48.5 Å². The van der Waals surface area contributed by atoms with Gasteiger partial charge in [-0.3, -0.25) is 4.90 Å². The van der Waals surface area contributed by atoms with Crippen LogP contribution in [0.15, 0.2) is 54.6 Å². The van der Waals surface area contributed by atoms with Crippen LogP contribution >= 0.6 is 0 Å². The molecule has 0 saturated carbocycles. The molecule has 1 unspecified atom stereocenters. The number of likely N-dealkylation sites (tertiary alicyclic amines) is 1. The van der Waals surface area contributed by atoms with Gasteiger partial charge in [0.05, 0.1) is 12.1 Å². The maximum absolute atomic E-state index is 13.8. The van der Waals surface area contributed by atoms with Gasteiger partial charge in [-0.15, -0.1) is 0 Å². The van der Waals surface area contributed by atoms with Gasteiger partial charge < -0.3 is 24.5 Å². The molecule has 2 aliphatic rings. The number of aryl methyl sites for hydroxylation is 1. The van der Waals surface area contributed by atoms with E-state index in [2.05, 4.69) is 29.2 Å². The standard InChI is InChI=1S/C33H39N3O6/c1-21-28(30(37)38)18-22(34-21)19-36(23-10-9-16-35(17-15-23)31(39)42-33(2,3)4)32(40)41-20-29-26-13-7-5-11-24(26)25-12-6-8-14-27(25)29/h5-8,11-14,18,23,29,34H,9-10,15-17,19-20H2,1-4H3,(H,37,38). The monoisotopic (exact) mass is 573 g/mol. The van der Waals surface area contributed by atoms with Crippen molar-refractivity contribution in [3.05, 3.63) is 82.7 Å². The number of nitrogens with one attached hydrogen (secondary N) is 1. The Morgan fingerprint density at radius 2 is 1.64 bits per heavy atom. The minimum Gasteiger partial charge on any atom is -0.478 e. The Morgan fingerprint density at radius 3 is 2.24 bits per heavy atom. The summed E-state index contributed by atoms with van der Waals surface area (Å²) in [5.41, 5.74) is 5.30. The van der Waals surface area contributed by atoms with Crippen molar-refractivity contribution in [2.75, 3.05) is 19.7 Å². The van der Waals surface area contributed by atoms with Crippen LogP contribution in [0.4, 0.5) is 9.59 Å². The molecule has 0 bridgehead atoms. The summed E-state index contributed by atoms with van der Waals surface area (Å²) in [6, 6.07) is 17.8. The van der Waals surface area contributed by atoms with E-state index in [0.717, 1.165) is 22.3 Å². The zero-order chi connectivity index (χ0) is 30.0. The van der Waals surface area contributed by atoms with E-state index < -0.39 is 17.7 Å². The summed E-state index contributed by atoms with van der Waals surface area (Å²) in [4.78, 5) is 44.8. The van der Waals surface area contributed by atoms with Gasteiger partial charge in [-0.25, -0.2) is 14.4 Å². The van der Waals surface area contributed by atoms with Gasteiger partial charge >= 0.3 is 18.2 Å². The van der Waals surface area contributed by atoms with Gasteiger partial charge in [0.15, 0.2) is 0 Å². The number of nitrogens with zero attached hydrogens (tertiary/aromatic N) is 2. The number of benzene rings is 2. The number of carbonyl (C=O) groups is 3. The molecule has 222 valence electrons. The van der Waals surface area contributed by atoms with Crippen molar-refractivity contribution in [2.24, 2.45) is 0 Å². The number of fused-ring (bicyclic) bond motifs is 3. The van der Waals surface area contributed by atoms with Crippen LogP contribution in [-0.2, 0) is 16.0 Å². The van der Waals surface area contributed by atoms with Gasteiger partial charge in [0.25, 0.3) is 0 Å². The highest BCUT2D eigenvalue weighted by atomic mass is 16.6. The number of amides is 2. The minimum absolute atomic E-state index is 0.0775. The number of carboxylic acids is 1. The smallest absolute Gasteiger partial charge is 0.410 e. The van der Waals surface area contributed by atoms with Gasteiger partial charge in [0.2, 0.25) is 0 Å². The highest BCUT2D eigenvalue weighted by Gasteiger charge is 2.33. The third-order valence-corrected chi connectivity index (χ3v) is 8.00. The van der Waals surface area contributed by atoms with E-state index in [-0.39, 0.29) is 36.8 Å². The molecular formula is C33H39N3O6. The lowest BCUT2D eigenvalue weighted by atomic mass is 9.98. The summed E-state index contributed by atoms with van der Waals surface area (Å²) >= 11 is 0. The van der Waals surface area contributed by atoms with Crippen molar-refractivity contribution in [3.63, 3.8) is 0 Å². The molecule has 0 spiro atoms. The fraction of sp³-hybridized carbons (Fsp3) is 0.424. The minimum atomic E-state index is -1.02. The maximum Gasteiger partial charge on any atom is 0.410 e. The average Bonchev–Trinajstić information content (AvgIpc) is 3.35. The van der Waals surface area contributed by atoms with Crippen LogP contribution in [0.25, 0.3) is 11.1 Å². The third-order valence-electron chi connectivity index (χ3n) is 8.00. The SMILES string of the molecule is Cc1[nH]c(CN(C(=O)OCC2c3ccccc3-c3ccccc32)C2CCCN(C(=O)OC(C)(C)C)CC2)cc1C(=O)O. The Bertz CT molecular complexity index is 1430. The largest absolute Gasteiger partial charge is 0.478 e. The summed E-state index contributed by atoms with van der Waals surface area (Å²) in [5.74, 6) is -1.10. The fourth-order valence-electron chi connectivity index (χ4n) is 6.04. The predicted molar refractivity (Wildman–Crippen MR) is 159 cm³/mol. The van der Waals surface area contributed by atoms with Gasteiger partial charge in [0.1, 0.15) is 12.2 Å². The van der Waals surface area contributed by atoms with Crippen LogP contribution in [0.3, 0.4) is 0 Å². The molecule has 2 N–H and O–H groups in total. The Kier molecular flexibility index (Phi) is 8.29. The molecule has 1 aliphatic carbocycles. The Labute approximate surface area is 246 Å². The number of hydrogen-bond donors (Lipinski definition) is 2. The Hall–Kier alpha value is -4.27. The summed E-state index contributed by atoms with van der Waals surface area (Å²) in [6.07, 6.45) is 1.10. The lowest BCUT2D eigenvalue weighted by Crippen LogP contribution is -2.42. The lowest BCUT2D eigenvalue weighted by molar-refractivity contribution is 0.0252. The predicted octanol–water partition coefficient (Wildman–Crippen LogP) is 6.56. The van der Waals surface area contributed by atoms with Crippen LogP contribution in [-0.4, -0.2) is 69.4 Å². The first-order chi connectivity index (χ1) is 20.0. The summed E-state index contributed by atoms with van der Waals surface area (Å²) in [5, 5.41) is 9.56. The molecule has 9 nitrogen and oxygen atoms in total. The first-order valence-electron chi connectivity index (χ1n) is 14.5. The quantitative estimate of drug-likeness (QED) is 0.345. The Morgan fingerprint density at radius 1 is 1.00 bits per heavy atom. The number of hydrogen-bond acceptors (Lipinski definition) is 5. The second-order valence-corrected chi connectivity index (χ2v) is 12.1. The molecule has 42 heavy (non-hydrogen) atoms. The normalized spacial score (nSPS) is 16.8. The number of aromatic carboxylic acids is 1. The highest BCUT2D eigenvalue weighted by Crippen LogP contribution is 2.44. The number of ether oxygens (including phenoxy) is 2. The Balaban J connectivity index is 1.35. The number of carbonyl (C=O) groups excluding carboxylic acids is 2. The molecule has 3 aromatic rings. The molecule has 5 rings (SSSR count). The van der Waals surface area contributed by atoms with E-state index in [0.29, 0.717) is 43.7 Å². The number of H-pyrrole nitrogens is 1. The summed E-state index contributed by atoms with van der Waals surface area (Å²) < 4.78 is 11.6. The highest BCUT2D eigenvalue weighted by molar-refractivity contribution is 5.89. The number of aromatic nitrogens is 1. The zero-order valence-corrected chi connectivity index (χ0v) is 24.7. The maximum atomic E-state index is 13.8. The zero-order valence-electron chi connectivity index (χ0n) is 24.7. The molecule has 0 radical (unpaired) electrons. The molecular weight excluding hydrogens is 534 g/mol. The van der Waals surface area contributed by atoms with E-state index in [9.17, 15) is 19.5 Å². The van der Waals surface area contributed by atoms with E-state index in [4.69, 9.17) is 9.47 Å². The number of carboxylic acid groups (broad SMARTS) is 1. The fourth-order valence-corrected chi connectivity index (χ4v) is 6.04. The second-order valence-electron chi connectivity index (χ2n) is 12.1. The van der Waals surface area contributed by atoms with Crippen LogP contribution in [0.1, 0.15) is 78.8 Å². The molecule has 9 heteroatoms. The molecule has 1 aliphatic heterocycles. The molecule has 1 aromatic heterocycles. The van der Waals surface area contributed by atoms with E-state index >= 15 is 0 Å². The number of rotatable bonds is 6. The molecule has 2 aromatic carbocycles. The third kappa shape index (κ3) is 6.30. The van der Waals surface area contributed by atoms with Crippen LogP contribution < -0.4 is 0 Å². The van der Waals surface area contributed by atoms with Crippen LogP contribution in [0.5, 0.6) is 0 Å². The number of aromatic amines is 1. The van der Waals surface area contributed by atoms with E-state index in [1.165, 1.54) is 0 Å². The molecule has 1 atom stereocenters. The van der Waals surface area contributed by atoms with Crippen LogP contribution in [0.2, 0.25) is 0 Å². The summed E-state index contributed by atoms with van der Waals surface area (Å²) in [7, 11) is 0. The van der Waals surface area contributed by atoms with Crippen molar-refractivity contribution in [2.45, 2.75) is 71.1 Å². The molecule has 1 saturated heterocycles. The van der Waals surface area contributed by atoms with Crippen LogP contribution in [0, 0.1) is 6.92 Å².